The summed E-state index contributed by atoms with van der Waals surface area (Å²) in [6.45, 7) is 8.66. The normalized spacial score (nSPS) is 10.8. The lowest BCUT2D eigenvalue weighted by Gasteiger charge is -2.22. The van der Waals surface area contributed by atoms with Crippen LogP contribution in [0.2, 0.25) is 0 Å². The van der Waals surface area contributed by atoms with Crippen molar-refractivity contribution >= 4 is 22.4 Å². The molecule has 0 saturated heterocycles. The molecule has 1 rings (SSSR count). The number of anilines is 2. The first-order valence-electron chi connectivity index (χ1n) is 4.60. The Labute approximate surface area is 83.7 Å². The summed E-state index contributed by atoms with van der Waals surface area (Å²) in [6.07, 6.45) is 0. The molecule has 1 aromatic rings. The minimum Gasteiger partial charge on any atom is -0.383 e. The lowest BCUT2D eigenvalue weighted by Crippen LogP contribution is -2.26. The average molecular weight is 199 g/mol. The maximum atomic E-state index is 5.57. The van der Waals surface area contributed by atoms with Crippen LogP contribution in [0.3, 0.4) is 0 Å². The number of hydrogen-bond acceptors (Lipinski definition) is 4. The molecule has 0 aromatic carbocycles. The fourth-order valence-electron chi connectivity index (χ4n) is 1.24. The zero-order valence-corrected chi connectivity index (χ0v) is 9.27. The van der Waals surface area contributed by atoms with Crippen LogP contribution in [0.4, 0.5) is 10.8 Å². The second-order valence-corrected chi connectivity index (χ2v) is 4.31. The van der Waals surface area contributed by atoms with Gasteiger partial charge in [0.2, 0.25) is 0 Å². The maximum absolute atomic E-state index is 5.57. The van der Waals surface area contributed by atoms with Gasteiger partial charge >= 0.3 is 0 Å². The van der Waals surface area contributed by atoms with Gasteiger partial charge in [-0.05, 0) is 24.4 Å². The summed E-state index contributed by atoms with van der Waals surface area (Å²) in [5.41, 5.74) is 5.57. The Morgan fingerprint density at radius 2 is 2.31 bits per heavy atom. The van der Waals surface area contributed by atoms with Crippen molar-refractivity contribution in [1.29, 1.82) is 0 Å². The summed E-state index contributed by atoms with van der Waals surface area (Å²) in [4.78, 5) is 2.30. The zero-order valence-electron chi connectivity index (χ0n) is 8.45. The first-order valence-corrected chi connectivity index (χ1v) is 5.38. The van der Waals surface area contributed by atoms with Gasteiger partial charge in [-0.25, -0.2) is 0 Å². The topological polar surface area (TPSA) is 42.1 Å². The molecule has 2 N–H and O–H groups in total. The summed E-state index contributed by atoms with van der Waals surface area (Å²) in [5, 5.41) is 1.17. The summed E-state index contributed by atoms with van der Waals surface area (Å²) >= 11 is 1.48. The number of hydrogen-bond donors (Lipinski definition) is 1. The molecule has 0 amide bonds. The van der Waals surface area contributed by atoms with Gasteiger partial charge in [0.15, 0.2) is 0 Å². The quantitative estimate of drug-likeness (QED) is 0.808. The van der Waals surface area contributed by atoms with Crippen LogP contribution >= 0.6 is 11.5 Å². The second-order valence-electron chi connectivity index (χ2n) is 3.52. The van der Waals surface area contributed by atoms with Crippen LogP contribution in [0.15, 0.2) is 6.07 Å². The van der Waals surface area contributed by atoms with Gasteiger partial charge in [0, 0.05) is 19.2 Å². The third kappa shape index (κ3) is 2.88. The first kappa shape index (κ1) is 10.3. The minimum absolute atomic E-state index is 0.627. The van der Waals surface area contributed by atoms with Crippen molar-refractivity contribution < 1.29 is 0 Å². The van der Waals surface area contributed by atoms with Crippen molar-refractivity contribution in [2.75, 3.05) is 23.7 Å². The summed E-state index contributed by atoms with van der Waals surface area (Å²) in [7, 11) is 0. The highest BCUT2D eigenvalue weighted by Crippen LogP contribution is 2.23. The molecule has 13 heavy (non-hydrogen) atoms. The van der Waals surface area contributed by atoms with E-state index >= 15 is 0 Å². The molecule has 1 heterocycles. The third-order valence-corrected chi connectivity index (χ3v) is 2.66. The van der Waals surface area contributed by atoms with Crippen molar-refractivity contribution in [2.45, 2.75) is 20.8 Å². The van der Waals surface area contributed by atoms with E-state index in [1.54, 1.807) is 0 Å². The molecule has 3 nitrogen and oxygen atoms in total. The van der Waals surface area contributed by atoms with Crippen molar-refractivity contribution in [2.24, 2.45) is 5.92 Å². The molecule has 0 bridgehead atoms. The van der Waals surface area contributed by atoms with Gasteiger partial charge in [-0.1, -0.05) is 13.8 Å². The number of rotatable bonds is 4. The Morgan fingerprint density at radius 1 is 1.62 bits per heavy atom. The number of aromatic nitrogens is 1. The van der Waals surface area contributed by atoms with E-state index in [1.807, 2.05) is 6.07 Å². The van der Waals surface area contributed by atoms with Gasteiger partial charge in [0.05, 0.1) is 0 Å². The molecule has 0 unspecified atom stereocenters. The van der Waals surface area contributed by atoms with Gasteiger partial charge in [-0.2, -0.15) is 4.37 Å². The van der Waals surface area contributed by atoms with E-state index in [2.05, 4.69) is 30.0 Å². The Kier molecular flexibility index (Phi) is 3.54. The Morgan fingerprint density at radius 3 is 2.69 bits per heavy atom. The summed E-state index contributed by atoms with van der Waals surface area (Å²) in [6, 6.07) is 1.94. The molecular weight excluding hydrogens is 182 g/mol. The van der Waals surface area contributed by atoms with Crippen molar-refractivity contribution in [3.05, 3.63) is 6.07 Å². The standard InChI is InChI=1S/C9H17N3S/c1-4-12(6-7(2)3)9-5-8(10)11-13-9/h5,7H,4,6H2,1-3H3,(H2,10,11). The van der Waals surface area contributed by atoms with E-state index in [4.69, 9.17) is 5.73 Å². The number of nitrogens with zero attached hydrogens (tertiary/aromatic N) is 2. The molecular formula is C9H17N3S. The predicted molar refractivity (Wildman–Crippen MR) is 59.3 cm³/mol. The molecule has 0 aliphatic heterocycles. The highest BCUT2D eigenvalue weighted by Gasteiger charge is 2.08. The number of nitrogen functional groups attached to an aromatic ring is 1. The zero-order chi connectivity index (χ0) is 9.84. The van der Waals surface area contributed by atoms with Gasteiger partial charge in [-0.15, -0.1) is 0 Å². The lowest BCUT2D eigenvalue weighted by atomic mass is 10.2. The van der Waals surface area contributed by atoms with Crippen molar-refractivity contribution in [3.8, 4) is 0 Å². The van der Waals surface area contributed by atoms with Gasteiger partial charge < -0.3 is 10.6 Å². The van der Waals surface area contributed by atoms with E-state index in [9.17, 15) is 0 Å². The Bertz CT molecular complexity index is 257. The van der Waals surface area contributed by atoms with E-state index in [0.717, 1.165) is 13.1 Å². The molecule has 0 radical (unpaired) electrons. The molecule has 0 aliphatic carbocycles. The van der Waals surface area contributed by atoms with Crippen molar-refractivity contribution in [1.82, 2.24) is 4.37 Å². The van der Waals surface area contributed by atoms with Crippen LogP contribution in [-0.4, -0.2) is 17.5 Å². The van der Waals surface area contributed by atoms with Gasteiger partial charge in [0.1, 0.15) is 10.8 Å². The second kappa shape index (κ2) is 4.46. The van der Waals surface area contributed by atoms with Gasteiger partial charge in [-0.3, -0.25) is 0 Å². The molecule has 4 heteroatoms. The lowest BCUT2D eigenvalue weighted by molar-refractivity contribution is 0.621. The SMILES string of the molecule is CCN(CC(C)C)c1cc(N)ns1. The molecule has 0 aliphatic rings. The van der Waals surface area contributed by atoms with E-state index in [1.165, 1.54) is 16.5 Å². The Hall–Kier alpha value is -0.770. The van der Waals surface area contributed by atoms with Crippen LogP contribution in [-0.2, 0) is 0 Å². The highest BCUT2D eigenvalue weighted by molar-refractivity contribution is 7.10. The first-order chi connectivity index (χ1) is 6.13. The fourth-order valence-corrected chi connectivity index (χ4v) is 1.99. The largest absolute Gasteiger partial charge is 0.383 e. The van der Waals surface area contributed by atoms with Crippen LogP contribution in [0.5, 0.6) is 0 Å². The van der Waals surface area contributed by atoms with Crippen LogP contribution in [0.1, 0.15) is 20.8 Å². The summed E-state index contributed by atoms with van der Waals surface area (Å²) in [5.74, 6) is 1.30. The molecule has 0 saturated carbocycles. The van der Waals surface area contributed by atoms with E-state index in [0.29, 0.717) is 11.7 Å². The summed E-state index contributed by atoms with van der Waals surface area (Å²) < 4.78 is 4.07. The monoisotopic (exact) mass is 199 g/mol. The maximum Gasteiger partial charge on any atom is 0.139 e. The highest BCUT2D eigenvalue weighted by atomic mass is 32.1. The minimum atomic E-state index is 0.627. The average Bonchev–Trinajstić information content (AvgIpc) is 2.47. The van der Waals surface area contributed by atoms with Crippen molar-refractivity contribution in [3.63, 3.8) is 0 Å². The Balaban J connectivity index is 2.66. The predicted octanol–water partition coefficient (Wildman–Crippen LogP) is 2.21. The molecule has 74 valence electrons. The van der Waals surface area contributed by atoms with Crippen LogP contribution in [0.25, 0.3) is 0 Å². The number of nitrogens with two attached hydrogens (primary N) is 1. The smallest absolute Gasteiger partial charge is 0.139 e. The molecule has 0 spiro atoms. The third-order valence-electron chi connectivity index (χ3n) is 1.79. The molecule has 1 aromatic heterocycles. The van der Waals surface area contributed by atoms with Gasteiger partial charge in [0.25, 0.3) is 0 Å². The van der Waals surface area contributed by atoms with E-state index in [-0.39, 0.29) is 0 Å². The van der Waals surface area contributed by atoms with Crippen LogP contribution in [0, 0.1) is 5.92 Å². The van der Waals surface area contributed by atoms with Crippen LogP contribution < -0.4 is 10.6 Å². The van der Waals surface area contributed by atoms with E-state index < -0.39 is 0 Å². The molecule has 0 atom stereocenters. The fraction of sp³-hybridized carbons (Fsp3) is 0.667. The molecule has 0 fully saturated rings.